The van der Waals surface area contributed by atoms with Crippen molar-refractivity contribution in [2.45, 2.75) is 92.1 Å². The molecule has 15 atom stereocenters. The highest BCUT2D eigenvalue weighted by Gasteiger charge is 2.53. The smallest absolute Gasteiger partial charge is 0.187 e. The van der Waals surface area contributed by atoms with Gasteiger partial charge in [0.25, 0.3) is 0 Å². The Labute approximate surface area is 192 Å². The highest BCUT2D eigenvalue weighted by molar-refractivity contribution is 4.96. The van der Waals surface area contributed by atoms with E-state index in [-0.39, 0.29) is 0 Å². The molecule has 34 heavy (non-hydrogen) atoms. The molecule has 0 bridgehead atoms. The van der Waals surface area contributed by atoms with Crippen LogP contribution in [0.25, 0.3) is 0 Å². The van der Waals surface area contributed by atoms with Gasteiger partial charge in [0.15, 0.2) is 18.9 Å². The first-order chi connectivity index (χ1) is 16.0. The molecule has 1 unspecified atom stereocenters. The number of hydrogen-bond acceptors (Lipinski definition) is 16. The maximum absolute atomic E-state index is 10.7. The van der Waals surface area contributed by atoms with E-state index < -0.39 is 112 Å². The molecule has 0 aromatic rings. The Bertz CT molecular complexity index is 639. The van der Waals surface area contributed by atoms with Gasteiger partial charge in [-0.25, -0.2) is 0 Å². The van der Waals surface area contributed by atoms with Crippen LogP contribution in [0.4, 0.5) is 0 Å². The van der Waals surface area contributed by atoms with Crippen molar-refractivity contribution in [2.24, 2.45) is 0 Å². The fourth-order valence-electron chi connectivity index (χ4n) is 4.04. The molecule has 3 saturated heterocycles. The third kappa shape index (κ3) is 5.37. The molecule has 0 aliphatic carbocycles. The summed E-state index contributed by atoms with van der Waals surface area (Å²) < 4.78 is 26.2. The largest absolute Gasteiger partial charge is 0.394 e. The van der Waals surface area contributed by atoms with Gasteiger partial charge < -0.3 is 79.9 Å². The Balaban J connectivity index is 1.78. The molecule has 3 rings (SSSR count). The van der Waals surface area contributed by atoms with Crippen LogP contribution in [-0.4, -0.2) is 168 Å². The normalized spacial score (nSPS) is 52.5. The van der Waals surface area contributed by atoms with Crippen molar-refractivity contribution in [3.8, 4) is 0 Å². The summed E-state index contributed by atoms with van der Waals surface area (Å²) in [6.45, 7) is -2.33. The van der Waals surface area contributed by atoms with E-state index in [9.17, 15) is 56.2 Å². The van der Waals surface area contributed by atoms with Crippen LogP contribution in [0.2, 0.25) is 0 Å². The monoisotopic (exact) mass is 504 g/mol. The second-order valence-electron chi connectivity index (χ2n) is 8.33. The molecule has 3 aliphatic heterocycles. The summed E-state index contributed by atoms with van der Waals surface area (Å²) in [6.07, 6.45) is -25.5. The molecule has 0 aromatic carbocycles. The number of aliphatic hydroxyl groups excluding tert-OH is 11. The zero-order valence-electron chi connectivity index (χ0n) is 17.7. The van der Waals surface area contributed by atoms with Crippen molar-refractivity contribution in [1.29, 1.82) is 0 Å². The van der Waals surface area contributed by atoms with Crippen LogP contribution in [0, 0.1) is 0 Å². The van der Waals surface area contributed by atoms with Crippen LogP contribution in [0.1, 0.15) is 0 Å². The van der Waals surface area contributed by atoms with E-state index in [1.807, 2.05) is 0 Å². The van der Waals surface area contributed by atoms with Gasteiger partial charge >= 0.3 is 0 Å². The predicted octanol–water partition coefficient (Wildman–Crippen LogP) is -7.57. The van der Waals surface area contributed by atoms with Gasteiger partial charge in [0.1, 0.15) is 73.2 Å². The summed E-state index contributed by atoms with van der Waals surface area (Å²) in [7, 11) is 0. The quantitative estimate of drug-likeness (QED) is 0.154. The minimum atomic E-state index is -1.92. The van der Waals surface area contributed by atoms with Gasteiger partial charge in [0.2, 0.25) is 0 Å². The summed E-state index contributed by atoms with van der Waals surface area (Å²) in [6, 6.07) is 0. The van der Waals surface area contributed by atoms with Gasteiger partial charge in [0, 0.05) is 0 Å². The van der Waals surface area contributed by atoms with Crippen molar-refractivity contribution in [3.05, 3.63) is 0 Å². The first-order valence-corrected chi connectivity index (χ1v) is 10.6. The fraction of sp³-hybridized carbons (Fsp3) is 1.00. The van der Waals surface area contributed by atoms with Crippen molar-refractivity contribution < 1.29 is 79.9 Å². The number of rotatable bonds is 7. The molecule has 16 nitrogen and oxygen atoms in total. The van der Waals surface area contributed by atoms with Crippen molar-refractivity contribution in [2.75, 3.05) is 19.8 Å². The number of hydrogen-bond donors (Lipinski definition) is 11. The van der Waals surface area contributed by atoms with Gasteiger partial charge in [-0.05, 0) is 0 Å². The number of ether oxygens (including phenoxy) is 5. The topological polar surface area (TPSA) is 269 Å². The first-order valence-electron chi connectivity index (χ1n) is 10.6. The molecule has 0 radical (unpaired) electrons. The van der Waals surface area contributed by atoms with Crippen LogP contribution in [0.5, 0.6) is 0 Å². The van der Waals surface area contributed by atoms with Crippen molar-refractivity contribution in [3.63, 3.8) is 0 Å². The predicted molar refractivity (Wildman–Crippen MR) is 101 cm³/mol. The number of aliphatic hydroxyl groups is 11. The lowest BCUT2D eigenvalue weighted by atomic mass is 9.96. The highest BCUT2D eigenvalue weighted by atomic mass is 16.7. The van der Waals surface area contributed by atoms with Gasteiger partial charge in [-0.15, -0.1) is 0 Å². The molecular weight excluding hydrogens is 472 g/mol. The van der Waals surface area contributed by atoms with Gasteiger partial charge in [0.05, 0.1) is 19.8 Å². The van der Waals surface area contributed by atoms with Crippen LogP contribution >= 0.6 is 0 Å². The Morgan fingerprint density at radius 3 is 1.35 bits per heavy atom. The average Bonchev–Trinajstić information content (AvgIpc) is 2.82. The highest BCUT2D eigenvalue weighted by Crippen LogP contribution is 2.32. The van der Waals surface area contributed by atoms with Gasteiger partial charge in [-0.2, -0.15) is 0 Å². The van der Waals surface area contributed by atoms with E-state index in [2.05, 4.69) is 0 Å². The Morgan fingerprint density at radius 2 is 0.853 bits per heavy atom. The third-order valence-electron chi connectivity index (χ3n) is 6.09. The van der Waals surface area contributed by atoms with Gasteiger partial charge in [-0.3, -0.25) is 0 Å². The molecule has 16 heteroatoms. The molecule has 0 spiro atoms. The molecule has 0 aromatic heterocycles. The molecule has 0 saturated carbocycles. The average molecular weight is 504 g/mol. The van der Waals surface area contributed by atoms with Crippen LogP contribution in [-0.2, 0) is 23.7 Å². The van der Waals surface area contributed by atoms with Crippen LogP contribution in [0.15, 0.2) is 0 Å². The Morgan fingerprint density at radius 1 is 0.441 bits per heavy atom. The minimum absolute atomic E-state index is 0.750. The molecule has 200 valence electrons. The van der Waals surface area contributed by atoms with E-state index in [1.54, 1.807) is 0 Å². The van der Waals surface area contributed by atoms with E-state index in [0.29, 0.717) is 0 Å². The zero-order chi connectivity index (χ0) is 25.3. The molecule has 3 heterocycles. The third-order valence-corrected chi connectivity index (χ3v) is 6.09. The first kappa shape index (κ1) is 27.9. The summed E-state index contributed by atoms with van der Waals surface area (Å²) >= 11 is 0. The van der Waals surface area contributed by atoms with Gasteiger partial charge in [-0.1, -0.05) is 0 Å². The zero-order valence-corrected chi connectivity index (χ0v) is 17.7. The van der Waals surface area contributed by atoms with E-state index in [1.165, 1.54) is 0 Å². The van der Waals surface area contributed by atoms with Crippen molar-refractivity contribution in [1.82, 2.24) is 0 Å². The molecule has 3 aliphatic rings. The van der Waals surface area contributed by atoms with Crippen LogP contribution in [0.3, 0.4) is 0 Å². The Kier molecular flexibility index (Phi) is 9.54. The van der Waals surface area contributed by atoms with Crippen LogP contribution < -0.4 is 0 Å². The second kappa shape index (κ2) is 11.6. The lowest BCUT2D eigenvalue weighted by Crippen LogP contribution is -2.66. The fourth-order valence-corrected chi connectivity index (χ4v) is 4.04. The summed E-state index contributed by atoms with van der Waals surface area (Å²) in [4.78, 5) is 0. The standard InChI is InChI=1S/C18H32O16/c19-1-4-7(22)10(25)11(26)17(31-4)34-15-9(24)6(3-21)32-18(13(15)28)33-14-8(23)5(2-20)30-16(29)12(14)27/h4-29H,1-3H2/t4-,5-,6-,7+,8-,9+,10+,11-,12-,13-,14+,15+,16?,17+,18+/m1/s1. The SMILES string of the molecule is OC[C@H]1O[C@@H](O[C@H]2[C@@H](O)[C@@H](CO)O[C@@H](O[C@H]3[C@H](O)[C@@H](CO)OC(O)[C@@H]3O)[C@@H]2O)[C@H](O)[C@@H](O)[C@H]1O. The maximum Gasteiger partial charge on any atom is 0.187 e. The lowest BCUT2D eigenvalue weighted by molar-refractivity contribution is -0.379. The summed E-state index contributed by atoms with van der Waals surface area (Å²) in [5.41, 5.74) is 0. The Hall–Kier alpha value is -0.640. The molecular formula is C18H32O16. The van der Waals surface area contributed by atoms with E-state index >= 15 is 0 Å². The van der Waals surface area contributed by atoms with E-state index in [4.69, 9.17) is 23.7 Å². The second-order valence-corrected chi connectivity index (χ2v) is 8.33. The minimum Gasteiger partial charge on any atom is -0.394 e. The van der Waals surface area contributed by atoms with E-state index in [0.717, 1.165) is 0 Å². The molecule has 0 amide bonds. The summed E-state index contributed by atoms with van der Waals surface area (Å²) in [5, 5.41) is 110. The molecule has 3 fully saturated rings. The molecule has 11 N–H and O–H groups in total. The maximum atomic E-state index is 10.7. The summed E-state index contributed by atoms with van der Waals surface area (Å²) in [5.74, 6) is 0. The lowest BCUT2D eigenvalue weighted by Gasteiger charge is -2.47. The van der Waals surface area contributed by atoms with Crippen molar-refractivity contribution >= 4 is 0 Å².